The van der Waals surface area contributed by atoms with Gasteiger partial charge in [-0.1, -0.05) is 91.0 Å². The molecule has 24 heavy (non-hydrogen) atoms. The zero-order valence-corrected chi connectivity index (χ0v) is 13.6. The lowest BCUT2D eigenvalue weighted by molar-refractivity contribution is 0.104. The Morgan fingerprint density at radius 1 is 0.667 bits per heavy atom. The summed E-state index contributed by atoms with van der Waals surface area (Å²) in [7, 11) is 0. The van der Waals surface area contributed by atoms with Gasteiger partial charge in [0.15, 0.2) is 5.78 Å². The van der Waals surface area contributed by atoms with E-state index < -0.39 is 0 Å². The first-order chi connectivity index (χ1) is 11.8. The number of benzene rings is 3. The summed E-state index contributed by atoms with van der Waals surface area (Å²) in [6.07, 6.45) is 5.57. The maximum Gasteiger partial charge on any atom is 0.185 e. The number of rotatable bonds is 6. The van der Waals surface area contributed by atoms with Gasteiger partial charge in [0.2, 0.25) is 0 Å². The van der Waals surface area contributed by atoms with Crippen molar-refractivity contribution in [1.29, 1.82) is 0 Å². The minimum Gasteiger partial charge on any atom is -0.289 e. The molecule has 0 heterocycles. The fourth-order valence-electron chi connectivity index (χ4n) is 2.60. The van der Waals surface area contributed by atoms with Crippen LogP contribution in [0.15, 0.2) is 91.0 Å². The molecule has 0 bridgehead atoms. The van der Waals surface area contributed by atoms with E-state index in [-0.39, 0.29) is 5.78 Å². The van der Waals surface area contributed by atoms with Crippen LogP contribution in [0.3, 0.4) is 0 Å². The van der Waals surface area contributed by atoms with Crippen LogP contribution in [0.1, 0.15) is 27.0 Å². The molecule has 0 radical (unpaired) electrons. The van der Waals surface area contributed by atoms with Gasteiger partial charge in [-0.2, -0.15) is 0 Å². The second kappa shape index (κ2) is 8.07. The average molecular weight is 312 g/mol. The lowest BCUT2D eigenvalue weighted by Crippen LogP contribution is -1.93. The Morgan fingerprint density at radius 3 is 1.83 bits per heavy atom. The third-order valence-corrected chi connectivity index (χ3v) is 4.01. The largest absolute Gasteiger partial charge is 0.289 e. The van der Waals surface area contributed by atoms with E-state index in [2.05, 4.69) is 48.5 Å². The van der Waals surface area contributed by atoms with E-state index in [9.17, 15) is 4.79 Å². The van der Waals surface area contributed by atoms with Crippen LogP contribution in [0.5, 0.6) is 0 Å². The van der Waals surface area contributed by atoms with Gasteiger partial charge < -0.3 is 0 Å². The number of aryl methyl sites for hydroxylation is 2. The first-order valence-corrected chi connectivity index (χ1v) is 8.21. The molecule has 0 spiro atoms. The van der Waals surface area contributed by atoms with E-state index in [0.717, 1.165) is 18.4 Å². The van der Waals surface area contributed by atoms with Crippen molar-refractivity contribution in [2.75, 3.05) is 0 Å². The molecule has 0 amide bonds. The summed E-state index contributed by atoms with van der Waals surface area (Å²) in [6, 6.07) is 28.2. The SMILES string of the molecule is O=C(C=Cc1ccc(CCc2ccccc2)cc1)c1ccccc1. The number of carbonyl (C=O) groups excluding carboxylic acids is 1. The Balaban J connectivity index is 1.58. The molecule has 118 valence electrons. The molecule has 0 fully saturated rings. The zero-order valence-electron chi connectivity index (χ0n) is 13.6. The maximum absolute atomic E-state index is 12.1. The van der Waals surface area contributed by atoms with Crippen LogP contribution < -0.4 is 0 Å². The van der Waals surface area contributed by atoms with Crippen molar-refractivity contribution in [3.63, 3.8) is 0 Å². The fourth-order valence-corrected chi connectivity index (χ4v) is 2.60. The van der Waals surface area contributed by atoms with Crippen molar-refractivity contribution in [3.05, 3.63) is 113 Å². The van der Waals surface area contributed by atoms with E-state index >= 15 is 0 Å². The molecular weight excluding hydrogens is 292 g/mol. The molecule has 0 saturated carbocycles. The molecule has 3 aromatic carbocycles. The van der Waals surface area contributed by atoms with Gasteiger partial charge in [-0.3, -0.25) is 4.79 Å². The van der Waals surface area contributed by atoms with E-state index in [1.807, 2.05) is 42.5 Å². The third kappa shape index (κ3) is 4.53. The van der Waals surface area contributed by atoms with Crippen molar-refractivity contribution in [3.8, 4) is 0 Å². The summed E-state index contributed by atoms with van der Waals surface area (Å²) in [5.41, 5.74) is 4.43. The van der Waals surface area contributed by atoms with Crippen LogP contribution in [0, 0.1) is 0 Å². The van der Waals surface area contributed by atoms with Crippen LogP contribution in [-0.2, 0) is 12.8 Å². The normalized spacial score (nSPS) is 10.8. The lowest BCUT2D eigenvalue weighted by atomic mass is 10.0. The monoisotopic (exact) mass is 312 g/mol. The number of carbonyl (C=O) groups is 1. The summed E-state index contributed by atoms with van der Waals surface area (Å²) in [6.45, 7) is 0. The van der Waals surface area contributed by atoms with Gasteiger partial charge in [-0.05, 0) is 35.6 Å². The highest BCUT2D eigenvalue weighted by molar-refractivity contribution is 6.06. The summed E-state index contributed by atoms with van der Waals surface area (Å²) in [5, 5.41) is 0. The predicted molar refractivity (Wildman–Crippen MR) is 100 cm³/mol. The first kappa shape index (κ1) is 15.9. The molecule has 3 rings (SSSR count). The molecule has 1 heteroatoms. The van der Waals surface area contributed by atoms with Crippen molar-refractivity contribution >= 4 is 11.9 Å². The van der Waals surface area contributed by atoms with E-state index in [4.69, 9.17) is 0 Å². The van der Waals surface area contributed by atoms with Crippen LogP contribution in [-0.4, -0.2) is 5.78 Å². The molecule has 3 aromatic rings. The third-order valence-electron chi connectivity index (χ3n) is 4.01. The van der Waals surface area contributed by atoms with Crippen molar-refractivity contribution < 1.29 is 4.79 Å². The number of ketones is 1. The Bertz CT molecular complexity index is 800. The minimum atomic E-state index is 0.0313. The second-order valence-electron chi connectivity index (χ2n) is 5.79. The van der Waals surface area contributed by atoms with Crippen molar-refractivity contribution in [2.24, 2.45) is 0 Å². The summed E-state index contributed by atoms with van der Waals surface area (Å²) in [5.74, 6) is 0.0313. The highest BCUT2D eigenvalue weighted by Gasteiger charge is 2.00. The number of allylic oxidation sites excluding steroid dienone is 1. The predicted octanol–water partition coefficient (Wildman–Crippen LogP) is 5.37. The van der Waals surface area contributed by atoms with Crippen LogP contribution >= 0.6 is 0 Å². The Hall–Kier alpha value is -2.93. The highest BCUT2D eigenvalue weighted by atomic mass is 16.1. The van der Waals surface area contributed by atoms with E-state index in [1.165, 1.54) is 11.1 Å². The molecule has 0 saturated heterocycles. The van der Waals surface area contributed by atoms with Crippen LogP contribution in [0.4, 0.5) is 0 Å². The minimum absolute atomic E-state index is 0.0313. The summed E-state index contributed by atoms with van der Waals surface area (Å²) < 4.78 is 0. The lowest BCUT2D eigenvalue weighted by Gasteiger charge is -2.03. The summed E-state index contributed by atoms with van der Waals surface area (Å²) in [4.78, 5) is 12.1. The van der Waals surface area contributed by atoms with Crippen molar-refractivity contribution in [2.45, 2.75) is 12.8 Å². The highest BCUT2D eigenvalue weighted by Crippen LogP contribution is 2.11. The van der Waals surface area contributed by atoms with Gasteiger partial charge in [-0.15, -0.1) is 0 Å². The first-order valence-electron chi connectivity index (χ1n) is 8.21. The quantitative estimate of drug-likeness (QED) is 0.442. The average Bonchev–Trinajstić information content (AvgIpc) is 2.67. The Morgan fingerprint density at radius 2 is 1.21 bits per heavy atom. The van der Waals surface area contributed by atoms with Crippen LogP contribution in [0.25, 0.3) is 6.08 Å². The van der Waals surface area contributed by atoms with Gasteiger partial charge in [0, 0.05) is 5.56 Å². The van der Waals surface area contributed by atoms with E-state index in [1.54, 1.807) is 6.08 Å². The fraction of sp³-hybridized carbons (Fsp3) is 0.0870. The number of hydrogen-bond donors (Lipinski definition) is 0. The van der Waals surface area contributed by atoms with E-state index in [0.29, 0.717) is 5.56 Å². The van der Waals surface area contributed by atoms with Gasteiger partial charge in [0.1, 0.15) is 0 Å². The molecule has 0 N–H and O–H groups in total. The van der Waals surface area contributed by atoms with Gasteiger partial charge in [-0.25, -0.2) is 0 Å². The molecule has 0 aliphatic heterocycles. The Kier molecular flexibility index (Phi) is 5.36. The van der Waals surface area contributed by atoms with Gasteiger partial charge in [0.05, 0.1) is 0 Å². The molecule has 1 nitrogen and oxygen atoms in total. The van der Waals surface area contributed by atoms with Gasteiger partial charge in [0.25, 0.3) is 0 Å². The number of hydrogen-bond acceptors (Lipinski definition) is 1. The standard InChI is InChI=1S/C23H20O/c24-23(22-9-5-2-6-10-22)18-17-21-15-13-20(14-16-21)12-11-19-7-3-1-4-8-19/h1-10,13-18H,11-12H2. The summed E-state index contributed by atoms with van der Waals surface area (Å²) >= 11 is 0. The smallest absolute Gasteiger partial charge is 0.185 e. The topological polar surface area (TPSA) is 17.1 Å². The molecule has 0 aliphatic rings. The second-order valence-corrected chi connectivity index (χ2v) is 5.79. The zero-order chi connectivity index (χ0) is 16.6. The Labute approximate surface area is 143 Å². The van der Waals surface area contributed by atoms with Crippen LogP contribution in [0.2, 0.25) is 0 Å². The van der Waals surface area contributed by atoms with Gasteiger partial charge >= 0.3 is 0 Å². The van der Waals surface area contributed by atoms with Crippen molar-refractivity contribution in [1.82, 2.24) is 0 Å². The molecule has 0 aliphatic carbocycles. The molecule has 0 unspecified atom stereocenters. The maximum atomic E-state index is 12.1. The molecular formula is C23H20O. The molecule has 0 atom stereocenters. The molecule has 0 aromatic heterocycles.